The van der Waals surface area contributed by atoms with Crippen LogP contribution in [0, 0.1) is 0 Å². The van der Waals surface area contributed by atoms with Gasteiger partial charge in [-0.2, -0.15) is 0 Å². The average Bonchev–Trinajstić information content (AvgIpc) is 2.39. The summed E-state index contributed by atoms with van der Waals surface area (Å²) in [5.41, 5.74) is 3.43. The van der Waals surface area contributed by atoms with Gasteiger partial charge in [-0.25, -0.2) is 0 Å². The van der Waals surface area contributed by atoms with E-state index in [0.29, 0.717) is 0 Å². The molecule has 0 fully saturated rings. The molecule has 0 atom stereocenters. The molecule has 2 rings (SSSR count). The Labute approximate surface area is 109 Å². The van der Waals surface area contributed by atoms with E-state index in [1.54, 1.807) is 0 Å². The molecule has 0 aliphatic heterocycles. The maximum atomic E-state index is 9.44. The molecular formula is C17H18O. The summed E-state index contributed by atoms with van der Waals surface area (Å²) in [6.07, 6.45) is 0. The average molecular weight is 238 g/mol. The van der Waals surface area contributed by atoms with Crippen molar-refractivity contribution in [1.29, 1.82) is 0 Å². The van der Waals surface area contributed by atoms with Gasteiger partial charge in [0.25, 0.3) is 0 Å². The highest BCUT2D eigenvalue weighted by molar-refractivity contribution is 5.77. The molecule has 18 heavy (non-hydrogen) atoms. The molecule has 0 spiro atoms. The number of carbonyl (C=O) groups excluding carboxylic acids is 1. The first-order valence-corrected chi connectivity index (χ1v) is 5.88. The number of rotatable bonds is 2. The number of benzene rings is 2. The van der Waals surface area contributed by atoms with Crippen LogP contribution in [0.25, 0.3) is 5.57 Å². The zero-order chi connectivity index (χ0) is 13.4. The summed E-state index contributed by atoms with van der Waals surface area (Å²) in [6.45, 7) is 7.15. The Morgan fingerprint density at radius 2 is 1.06 bits per heavy atom. The lowest BCUT2D eigenvalue weighted by molar-refractivity contribution is -0.114. The molecule has 0 bridgehead atoms. The fourth-order valence-electron chi connectivity index (χ4n) is 1.45. The Hall–Kier alpha value is -2.15. The van der Waals surface area contributed by atoms with Crippen LogP contribution in [0.1, 0.15) is 25.0 Å². The van der Waals surface area contributed by atoms with Crippen molar-refractivity contribution in [1.82, 2.24) is 0 Å². The van der Waals surface area contributed by atoms with Gasteiger partial charge in [0.05, 0.1) is 0 Å². The molecule has 92 valence electrons. The van der Waals surface area contributed by atoms with Crippen LogP contribution in [0.15, 0.2) is 67.2 Å². The van der Waals surface area contributed by atoms with E-state index in [2.05, 4.69) is 30.8 Å². The van der Waals surface area contributed by atoms with Gasteiger partial charge in [0, 0.05) is 0 Å². The number of carbonyl (C=O) groups is 1. The fourth-order valence-corrected chi connectivity index (χ4v) is 1.45. The lowest BCUT2D eigenvalue weighted by atomic mass is 10.0. The predicted octanol–water partition coefficient (Wildman–Crippen LogP) is 4.34. The Bertz CT molecular complexity index is 452. The van der Waals surface area contributed by atoms with Crippen LogP contribution in [0.4, 0.5) is 0 Å². The monoisotopic (exact) mass is 238 g/mol. The second-order valence-electron chi connectivity index (χ2n) is 4.12. The van der Waals surface area contributed by atoms with Crippen LogP contribution >= 0.6 is 0 Å². The molecule has 0 amide bonds. The minimum Gasteiger partial charge on any atom is -0.300 e. The quantitative estimate of drug-likeness (QED) is 0.760. The van der Waals surface area contributed by atoms with Crippen molar-refractivity contribution in [3.05, 3.63) is 78.4 Å². The molecule has 2 aromatic rings. The van der Waals surface area contributed by atoms with Crippen LogP contribution < -0.4 is 0 Å². The van der Waals surface area contributed by atoms with Crippen molar-refractivity contribution in [3.63, 3.8) is 0 Å². The number of hydrogen-bond acceptors (Lipinski definition) is 1. The summed E-state index contributed by atoms with van der Waals surface area (Å²) in [5.74, 6) is 0.167. The minimum absolute atomic E-state index is 0.167. The van der Waals surface area contributed by atoms with Crippen molar-refractivity contribution in [2.24, 2.45) is 0 Å². The zero-order valence-corrected chi connectivity index (χ0v) is 10.9. The van der Waals surface area contributed by atoms with Crippen LogP contribution in [-0.4, -0.2) is 5.78 Å². The molecule has 0 N–H and O–H groups in total. The summed E-state index contributed by atoms with van der Waals surface area (Å²) in [6, 6.07) is 20.5. The SMILES string of the molecule is C=C(c1ccccc1)c1ccccc1.CC(C)=O. The van der Waals surface area contributed by atoms with E-state index in [1.807, 2.05) is 36.4 Å². The van der Waals surface area contributed by atoms with Gasteiger partial charge in [-0.05, 0) is 30.5 Å². The third-order valence-electron chi connectivity index (χ3n) is 2.24. The van der Waals surface area contributed by atoms with Gasteiger partial charge in [0.1, 0.15) is 5.78 Å². The van der Waals surface area contributed by atoms with Crippen LogP contribution in [-0.2, 0) is 4.79 Å². The van der Waals surface area contributed by atoms with Gasteiger partial charge in [-0.3, -0.25) is 0 Å². The first-order valence-electron chi connectivity index (χ1n) is 5.88. The second kappa shape index (κ2) is 7.23. The van der Waals surface area contributed by atoms with Crippen molar-refractivity contribution < 1.29 is 4.79 Å². The van der Waals surface area contributed by atoms with Gasteiger partial charge in [0.15, 0.2) is 0 Å². The molecule has 0 heterocycles. The Balaban J connectivity index is 0.000000357. The molecular weight excluding hydrogens is 220 g/mol. The third-order valence-corrected chi connectivity index (χ3v) is 2.24. The van der Waals surface area contributed by atoms with Crippen LogP contribution in [0.2, 0.25) is 0 Å². The molecule has 1 heteroatoms. The fraction of sp³-hybridized carbons (Fsp3) is 0.118. The van der Waals surface area contributed by atoms with Crippen molar-refractivity contribution in [3.8, 4) is 0 Å². The van der Waals surface area contributed by atoms with Gasteiger partial charge >= 0.3 is 0 Å². The lowest BCUT2D eigenvalue weighted by Gasteiger charge is -2.04. The predicted molar refractivity (Wildman–Crippen MR) is 77.4 cm³/mol. The summed E-state index contributed by atoms with van der Waals surface area (Å²) in [5, 5.41) is 0. The smallest absolute Gasteiger partial charge is 0.126 e. The Morgan fingerprint density at radius 1 is 0.778 bits per heavy atom. The zero-order valence-electron chi connectivity index (χ0n) is 10.9. The van der Waals surface area contributed by atoms with Crippen molar-refractivity contribution in [2.75, 3.05) is 0 Å². The first kappa shape index (κ1) is 13.9. The molecule has 0 aliphatic carbocycles. The van der Waals surface area contributed by atoms with Gasteiger partial charge in [-0.1, -0.05) is 67.2 Å². The minimum atomic E-state index is 0.167. The molecule has 0 aliphatic rings. The van der Waals surface area contributed by atoms with Crippen molar-refractivity contribution >= 4 is 11.4 Å². The van der Waals surface area contributed by atoms with Gasteiger partial charge < -0.3 is 4.79 Å². The third kappa shape index (κ3) is 4.79. The van der Waals surface area contributed by atoms with E-state index in [4.69, 9.17) is 0 Å². The Kier molecular flexibility index (Phi) is 5.59. The van der Waals surface area contributed by atoms with E-state index in [0.717, 1.165) is 5.57 Å². The normalized spacial score (nSPS) is 9.00. The van der Waals surface area contributed by atoms with E-state index >= 15 is 0 Å². The summed E-state index contributed by atoms with van der Waals surface area (Å²) in [4.78, 5) is 9.44. The lowest BCUT2D eigenvalue weighted by Crippen LogP contribution is -1.84. The topological polar surface area (TPSA) is 17.1 Å². The number of Topliss-reactive ketones (excluding diaryl/α,β-unsaturated/α-hetero) is 1. The standard InChI is InChI=1S/C14H12.C3H6O/c1-12(13-8-4-2-5-9-13)14-10-6-3-7-11-14;1-3(2)4/h2-11H,1H2;1-2H3. The Morgan fingerprint density at radius 3 is 1.33 bits per heavy atom. The maximum Gasteiger partial charge on any atom is 0.126 e. The van der Waals surface area contributed by atoms with Gasteiger partial charge in [0.2, 0.25) is 0 Å². The molecule has 0 radical (unpaired) electrons. The highest BCUT2D eigenvalue weighted by Crippen LogP contribution is 2.20. The summed E-state index contributed by atoms with van der Waals surface area (Å²) >= 11 is 0. The number of ketones is 1. The summed E-state index contributed by atoms with van der Waals surface area (Å²) < 4.78 is 0. The van der Waals surface area contributed by atoms with Crippen LogP contribution in [0.3, 0.4) is 0 Å². The largest absolute Gasteiger partial charge is 0.300 e. The highest BCUT2D eigenvalue weighted by atomic mass is 16.1. The molecule has 1 nitrogen and oxygen atoms in total. The first-order chi connectivity index (χ1) is 8.61. The van der Waals surface area contributed by atoms with E-state index < -0.39 is 0 Å². The molecule has 0 saturated heterocycles. The second-order valence-corrected chi connectivity index (χ2v) is 4.12. The number of hydrogen-bond donors (Lipinski definition) is 0. The molecule has 2 aromatic carbocycles. The van der Waals surface area contributed by atoms with E-state index in [-0.39, 0.29) is 5.78 Å². The van der Waals surface area contributed by atoms with Crippen LogP contribution in [0.5, 0.6) is 0 Å². The highest BCUT2D eigenvalue weighted by Gasteiger charge is 1.99. The van der Waals surface area contributed by atoms with E-state index in [9.17, 15) is 4.79 Å². The summed E-state index contributed by atoms with van der Waals surface area (Å²) in [7, 11) is 0. The molecule has 0 unspecified atom stereocenters. The van der Waals surface area contributed by atoms with Crippen molar-refractivity contribution in [2.45, 2.75) is 13.8 Å². The van der Waals surface area contributed by atoms with Gasteiger partial charge in [-0.15, -0.1) is 0 Å². The van der Waals surface area contributed by atoms with E-state index in [1.165, 1.54) is 25.0 Å². The molecule has 0 saturated carbocycles. The molecule has 0 aromatic heterocycles. The maximum absolute atomic E-state index is 9.44.